The second-order valence-corrected chi connectivity index (χ2v) is 12.0. The van der Waals surface area contributed by atoms with Crippen molar-refractivity contribution in [1.82, 2.24) is 15.0 Å². The van der Waals surface area contributed by atoms with Crippen LogP contribution in [0.1, 0.15) is 57.4 Å². The van der Waals surface area contributed by atoms with E-state index in [-0.39, 0.29) is 6.01 Å². The van der Waals surface area contributed by atoms with E-state index in [1.54, 1.807) is 6.20 Å². The van der Waals surface area contributed by atoms with Crippen LogP contribution in [0.2, 0.25) is 0 Å². The number of nitrogens with zero attached hydrogens (tertiary/aromatic N) is 3. The van der Waals surface area contributed by atoms with Crippen LogP contribution < -0.4 is 14.2 Å². The van der Waals surface area contributed by atoms with Gasteiger partial charge in [-0.1, -0.05) is 18.2 Å². The van der Waals surface area contributed by atoms with Gasteiger partial charge in [0.2, 0.25) is 5.88 Å². The molecular weight excluding hydrogens is 570 g/mol. The number of ether oxygens (including phenoxy) is 4. The molecule has 0 radical (unpaired) electrons. The van der Waals surface area contributed by atoms with E-state index in [4.69, 9.17) is 23.9 Å². The van der Waals surface area contributed by atoms with E-state index < -0.39 is 17.7 Å². The molecule has 0 spiro atoms. The van der Waals surface area contributed by atoms with Gasteiger partial charge in [-0.05, 0) is 98.8 Å². The topological polar surface area (TPSA) is 113 Å². The van der Waals surface area contributed by atoms with Crippen LogP contribution in [0.15, 0.2) is 54.9 Å². The molecule has 0 bridgehead atoms. The molecule has 0 amide bonds. The van der Waals surface area contributed by atoms with Crippen LogP contribution in [0.25, 0.3) is 43.9 Å². The Morgan fingerprint density at radius 3 is 2.56 bits per heavy atom. The summed E-state index contributed by atoms with van der Waals surface area (Å²) < 4.78 is 23.6. The molecule has 0 aliphatic carbocycles. The van der Waals surface area contributed by atoms with Crippen molar-refractivity contribution in [3.63, 3.8) is 0 Å². The molecule has 1 aliphatic rings. The fraction of sp³-hybridized carbons (Fsp3) is 0.333. The minimum absolute atomic E-state index is 0.256. The number of carboxylic acids is 1. The van der Waals surface area contributed by atoms with Gasteiger partial charge < -0.3 is 24.1 Å². The van der Waals surface area contributed by atoms with Crippen molar-refractivity contribution >= 4 is 27.6 Å². The first-order valence-corrected chi connectivity index (χ1v) is 15.2. The summed E-state index contributed by atoms with van der Waals surface area (Å²) in [5, 5.41) is 13.3. The number of rotatable bonds is 9. The Morgan fingerprint density at radius 2 is 1.82 bits per heavy atom. The number of aryl methyl sites for hydroxylation is 1. The third-order valence-electron chi connectivity index (χ3n) is 7.78. The number of aliphatic carboxylic acids is 1. The van der Waals surface area contributed by atoms with Crippen molar-refractivity contribution in [3.8, 4) is 39.9 Å². The molecule has 9 nitrogen and oxygen atoms in total. The predicted molar refractivity (Wildman–Crippen MR) is 173 cm³/mol. The lowest BCUT2D eigenvalue weighted by Gasteiger charge is -2.29. The number of carbonyl (C=O) groups is 1. The molecule has 45 heavy (non-hydrogen) atoms. The maximum Gasteiger partial charge on any atom is 0.337 e. The highest BCUT2D eigenvalue weighted by Gasteiger charge is 2.33. The zero-order valence-electron chi connectivity index (χ0n) is 26.4. The van der Waals surface area contributed by atoms with Gasteiger partial charge in [-0.15, -0.1) is 0 Å². The van der Waals surface area contributed by atoms with Crippen molar-refractivity contribution in [3.05, 3.63) is 71.5 Å². The maximum atomic E-state index is 12.9. The molecule has 0 saturated heterocycles. The number of fused-ring (bicyclic) bond motifs is 1. The highest BCUT2D eigenvalue weighted by Crippen LogP contribution is 2.46. The van der Waals surface area contributed by atoms with E-state index in [1.165, 1.54) is 0 Å². The lowest BCUT2D eigenvalue weighted by molar-refractivity contribution is -0.160. The molecule has 3 heterocycles. The van der Waals surface area contributed by atoms with Gasteiger partial charge in [-0.3, -0.25) is 4.98 Å². The molecule has 232 valence electrons. The Hall–Kier alpha value is -4.76. The van der Waals surface area contributed by atoms with E-state index in [9.17, 15) is 9.90 Å². The second kappa shape index (κ2) is 12.0. The van der Waals surface area contributed by atoms with E-state index in [2.05, 4.69) is 16.0 Å². The fourth-order valence-electron chi connectivity index (χ4n) is 6.04. The summed E-state index contributed by atoms with van der Waals surface area (Å²) in [6.07, 6.45) is 3.08. The summed E-state index contributed by atoms with van der Waals surface area (Å²) in [6.45, 7) is 12.8. The Balaban J connectivity index is 1.65. The molecule has 3 aromatic carbocycles. The van der Waals surface area contributed by atoms with E-state index in [0.29, 0.717) is 31.3 Å². The molecule has 1 atom stereocenters. The Bertz CT molecular complexity index is 1920. The lowest BCUT2D eigenvalue weighted by Crippen LogP contribution is -2.28. The van der Waals surface area contributed by atoms with Gasteiger partial charge in [-0.2, -0.15) is 4.98 Å². The SMILES string of the molecule is CCOc1ncc(-c2ccc3c(-c4ccc5c6c(ccnc46)CCO5)c(C(OC(C)(C)C)C(=O)O)c(C)cc3c2)c(OCC)n1. The number of benzene rings is 3. The first-order chi connectivity index (χ1) is 21.6. The van der Waals surface area contributed by atoms with Gasteiger partial charge >= 0.3 is 12.0 Å². The van der Waals surface area contributed by atoms with Gasteiger partial charge in [0, 0.05) is 35.3 Å². The van der Waals surface area contributed by atoms with Crippen molar-refractivity contribution in [2.45, 2.75) is 59.7 Å². The van der Waals surface area contributed by atoms with Crippen LogP contribution in [-0.2, 0) is 16.0 Å². The first-order valence-electron chi connectivity index (χ1n) is 15.2. The largest absolute Gasteiger partial charge is 0.493 e. The molecule has 0 saturated carbocycles. The highest BCUT2D eigenvalue weighted by molar-refractivity contribution is 6.09. The minimum atomic E-state index is -1.21. The van der Waals surface area contributed by atoms with Gasteiger partial charge in [-0.25, -0.2) is 9.78 Å². The van der Waals surface area contributed by atoms with Crippen molar-refractivity contribution in [2.24, 2.45) is 0 Å². The highest BCUT2D eigenvalue weighted by atomic mass is 16.5. The third kappa shape index (κ3) is 5.76. The first kappa shape index (κ1) is 30.3. The zero-order valence-corrected chi connectivity index (χ0v) is 26.4. The number of hydrogen-bond donors (Lipinski definition) is 1. The summed E-state index contributed by atoms with van der Waals surface area (Å²) in [7, 11) is 0. The molecular formula is C36H37N3O6. The molecule has 6 rings (SSSR count). The molecule has 1 unspecified atom stereocenters. The number of hydrogen-bond acceptors (Lipinski definition) is 8. The summed E-state index contributed by atoms with van der Waals surface area (Å²) in [5.74, 6) is 0.155. The lowest BCUT2D eigenvalue weighted by atomic mass is 9.85. The second-order valence-electron chi connectivity index (χ2n) is 12.0. The van der Waals surface area contributed by atoms with Crippen molar-refractivity contribution < 1.29 is 28.8 Å². The van der Waals surface area contributed by atoms with Crippen molar-refractivity contribution in [1.29, 1.82) is 0 Å². The zero-order chi connectivity index (χ0) is 31.9. The van der Waals surface area contributed by atoms with Crippen LogP contribution in [-0.4, -0.2) is 51.4 Å². The van der Waals surface area contributed by atoms with Gasteiger partial charge in [0.1, 0.15) is 5.75 Å². The monoisotopic (exact) mass is 607 g/mol. The quantitative estimate of drug-likeness (QED) is 0.182. The van der Waals surface area contributed by atoms with Crippen LogP contribution in [0, 0.1) is 6.92 Å². The standard InChI is InChI=1S/C36H37N3O6/c1-7-42-33-26(19-38-35(39-33)43-8-2)22-9-10-24-23(18-22)17-20(3)28(32(34(40)41)45-36(4,5)6)30(24)25-11-12-27-29-21(14-16-44-27)13-15-37-31(25)29/h9-13,15,17-19,32H,7-8,14,16H2,1-6H3,(H,40,41). The smallest absolute Gasteiger partial charge is 0.337 e. The number of pyridine rings is 1. The molecule has 9 heteroatoms. The van der Waals surface area contributed by atoms with Crippen LogP contribution in [0.4, 0.5) is 0 Å². The third-order valence-corrected chi connectivity index (χ3v) is 7.78. The van der Waals surface area contributed by atoms with Gasteiger partial charge in [0.25, 0.3) is 0 Å². The average molecular weight is 608 g/mol. The van der Waals surface area contributed by atoms with Crippen LogP contribution in [0.3, 0.4) is 0 Å². The minimum Gasteiger partial charge on any atom is -0.493 e. The summed E-state index contributed by atoms with van der Waals surface area (Å²) in [4.78, 5) is 26.6. The van der Waals surface area contributed by atoms with Crippen LogP contribution >= 0.6 is 0 Å². The fourth-order valence-corrected chi connectivity index (χ4v) is 6.04. The normalized spacial score (nSPS) is 13.5. The molecule has 1 N–H and O–H groups in total. The van der Waals surface area contributed by atoms with Crippen LogP contribution in [0.5, 0.6) is 17.6 Å². The summed E-state index contributed by atoms with van der Waals surface area (Å²) >= 11 is 0. The number of carboxylic acid groups (broad SMARTS) is 1. The molecule has 2 aromatic heterocycles. The average Bonchev–Trinajstić information content (AvgIpc) is 3.00. The molecule has 5 aromatic rings. The van der Waals surface area contributed by atoms with E-state index >= 15 is 0 Å². The maximum absolute atomic E-state index is 12.9. The molecule has 0 fully saturated rings. The number of aromatic nitrogens is 3. The summed E-state index contributed by atoms with van der Waals surface area (Å²) in [6, 6.07) is 14.3. The van der Waals surface area contributed by atoms with Crippen molar-refractivity contribution in [2.75, 3.05) is 19.8 Å². The Morgan fingerprint density at radius 1 is 1.02 bits per heavy atom. The molecule has 1 aliphatic heterocycles. The van der Waals surface area contributed by atoms with E-state index in [1.807, 2.05) is 84.1 Å². The van der Waals surface area contributed by atoms with E-state index in [0.717, 1.165) is 67.2 Å². The summed E-state index contributed by atoms with van der Waals surface area (Å²) in [5.41, 5.74) is 5.77. The predicted octanol–water partition coefficient (Wildman–Crippen LogP) is 7.49. The Kier molecular flexibility index (Phi) is 8.05. The Labute approximate surface area is 262 Å². The van der Waals surface area contributed by atoms with Gasteiger partial charge in [0.15, 0.2) is 6.10 Å². The van der Waals surface area contributed by atoms with Gasteiger partial charge in [0.05, 0.1) is 36.5 Å².